The molecule has 2 aliphatic rings. The second-order valence-electron chi connectivity index (χ2n) is 16.4. The van der Waals surface area contributed by atoms with Crippen LogP contribution in [0.15, 0.2) is 109 Å². The Hall–Kier alpha value is -3.04. The van der Waals surface area contributed by atoms with E-state index in [1.807, 2.05) is 0 Å². The van der Waals surface area contributed by atoms with Gasteiger partial charge in [0, 0.05) is 75.5 Å². The molecule has 8 heteroatoms. The molecule has 2 aromatic carbocycles. The molecule has 0 radical (unpaired) electrons. The Balaban J connectivity index is 0.000000270. The van der Waals surface area contributed by atoms with Crippen molar-refractivity contribution in [2.45, 2.75) is 38.5 Å². The van der Waals surface area contributed by atoms with Crippen LogP contribution in [0.3, 0.4) is 0 Å². The fraction of sp³-hybridized carbons (Fsp3) is 0.455. The zero-order chi connectivity index (χ0) is 35.7. The maximum Gasteiger partial charge on any atom is 0.0797 e. The lowest BCUT2D eigenvalue weighted by Gasteiger charge is -2.27. The Morgan fingerprint density at radius 1 is 0.538 bits per heavy atom. The number of allylic oxidation sites excluding steroid dienone is 4. The summed E-state index contributed by atoms with van der Waals surface area (Å²) in [6.07, 6.45) is 20.9. The molecule has 0 spiro atoms. The second-order valence-corrected chi connectivity index (χ2v) is 16.4. The molecule has 52 heavy (non-hydrogen) atoms. The van der Waals surface area contributed by atoms with Gasteiger partial charge in [0.25, 0.3) is 0 Å². The molecule has 0 unspecified atom stereocenters. The van der Waals surface area contributed by atoms with Crippen molar-refractivity contribution in [1.82, 2.24) is 18.9 Å². The summed E-state index contributed by atoms with van der Waals surface area (Å²) >= 11 is 0. The van der Waals surface area contributed by atoms with Gasteiger partial charge in [-0.05, 0) is 96.4 Å². The Morgan fingerprint density at radius 3 is 1.25 bits per heavy atom. The average Bonchev–Trinajstić information content (AvgIpc) is 3.58. The molecule has 2 aliphatic heterocycles. The largest absolute Gasteiger partial charge is 1.00 e. The Morgan fingerprint density at radius 2 is 0.923 bits per heavy atom. The van der Waals surface area contributed by atoms with Crippen molar-refractivity contribution in [3.8, 4) is 0 Å². The second kappa shape index (κ2) is 19.9. The van der Waals surface area contributed by atoms with Crippen molar-refractivity contribution in [3.63, 3.8) is 0 Å². The van der Waals surface area contributed by atoms with Crippen LogP contribution in [0, 0.1) is 0 Å². The van der Waals surface area contributed by atoms with E-state index in [0.717, 1.165) is 60.8 Å². The summed E-state index contributed by atoms with van der Waals surface area (Å²) in [6, 6.07) is 21.9. The topological polar surface area (TPSA) is 16.3 Å². The van der Waals surface area contributed by atoms with Gasteiger partial charge >= 0.3 is 0 Å². The zero-order valence-corrected chi connectivity index (χ0v) is 36.3. The molecule has 0 N–H and O–H groups in total. The maximum absolute atomic E-state index is 2.43. The number of aryl methyl sites for hydroxylation is 4. The molecule has 0 saturated heterocycles. The van der Waals surface area contributed by atoms with Crippen LogP contribution in [0.4, 0.5) is 0 Å². The van der Waals surface area contributed by atoms with E-state index in [0.29, 0.717) is 0 Å². The van der Waals surface area contributed by atoms with Gasteiger partial charge in [-0.1, -0.05) is 48.6 Å². The first-order chi connectivity index (χ1) is 23.8. The Kier molecular flexibility index (Phi) is 16.6. The monoisotopic (exact) mass is 834 g/mol. The third-order valence-electron chi connectivity index (χ3n) is 10.2. The summed E-state index contributed by atoms with van der Waals surface area (Å²) in [5, 5.41) is 2.69. The molecule has 6 rings (SSSR count). The van der Waals surface area contributed by atoms with E-state index in [1.165, 1.54) is 70.3 Å². The van der Waals surface area contributed by atoms with Gasteiger partial charge in [0.05, 0.1) is 55.4 Å². The van der Waals surface area contributed by atoms with E-state index in [9.17, 15) is 0 Å². The first kappa shape index (κ1) is 43.4. The molecule has 0 amide bonds. The molecular formula is C44H64Br2N6. The SMILES string of the molecule is Cn1c(CCC2=CCN(CCC[N+](C)(C)C)C=C2)cc2ccccc21.Cn1c(CCC2=CCN(CCC[N+](C)(C)C)C=C2)cc2ccccc21.[Br-].[Br-]. The van der Waals surface area contributed by atoms with Crippen molar-refractivity contribution in [2.24, 2.45) is 14.1 Å². The molecule has 0 bridgehead atoms. The van der Waals surface area contributed by atoms with Gasteiger partial charge in [-0.2, -0.15) is 0 Å². The van der Waals surface area contributed by atoms with Crippen molar-refractivity contribution in [2.75, 3.05) is 81.6 Å². The summed E-state index contributed by atoms with van der Waals surface area (Å²) in [7, 11) is 17.9. The molecule has 0 aliphatic carbocycles. The van der Waals surface area contributed by atoms with Gasteiger partial charge in [-0.15, -0.1) is 0 Å². The van der Waals surface area contributed by atoms with Crippen LogP contribution in [-0.2, 0) is 26.9 Å². The highest BCUT2D eigenvalue weighted by Crippen LogP contribution is 2.23. The lowest BCUT2D eigenvalue weighted by Crippen LogP contribution is -3.00. The van der Waals surface area contributed by atoms with Crippen molar-refractivity contribution < 1.29 is 42.9 Å². The number of hydrogen-bond acceptors (Lipinski definition) is 2. The summed E-state index contributed by atoms with van der Waals surface area (Å²) in [4.78, 5) is 4.85. The minimum absolute atomic E-state index is 0. The quantitative estimate of drug-likeness (QED) is 0.181. The van der Waals surface area contributed by atoms with E-state index in [2.05, 4.69) is 173 Å². The van der Waals surface area contributed by atoms with Gasteiger partial charge in [-0.3, -0.25) is 0 Å². The van der Waals surface area contributed by atoms with E-state index in [4.69, 9.17) is 0 Å². The average molecular weight is 837 g/mol. The first-order valence-corrected chi connectivity index (χ1v) is 18.7. The number of rotatable bonds is 14. The van der Waals surface area contributed by atoms with E-state index in [-0.39, 0.29) is 34.0 Å². The summed E-state index contributed by atoms with van der Waals surface area (Å²) in [5.74, 6) is 0. The van der Waals surface area contributed by atoms with Crippen molar-refractivity contribution >= 4 is 21.8 Å². The number of hydrogen-bond donors (Lipinski definition) is 0. The van der Waals surface area contributed by atoms with Crippen LogP contribution in [0.1, 0.15) is 37.1 Å². The normalized spacial score (nSPS) is 14.5. The Labute approximate surface area is 336 Å². The number of nitrogens with zero attached hydrogens (tertiary/aromatic N) is 6. The Bertz CT molecular complexity index is 1690. The lowest BCUT2D eigenvalue weighted by molar-refractivity contribution is -0.870. The maximum atomic E-state index is 2.43. The molecular weight excluding hydrogens is 772 g/mol. The molecule has 0 saturated carbocycles. The highest BCUT2D eigenvalue weighted by atomic mass is 79.9. The van der Waals surface area contributed by atoms with Gasteiger partial charge in [0.15, 0.2) is 0 Å². The third-order valence-corrected chi connectivity index (χ3v) is 10.2. The van der Waals surface area contributed by atoms with Crippen molar-refractivity contribution in [3.05, 3.63) is 120 Å². The number of fused-ring (bicyclic) bond motifs is 2. The summed E-state index contributed by atoms with van der Waals surface area (Å²) < 4.78 is 6.76. The van der Waals surface area contributed by atoms with Gasteiger partial charge in [0.1, 0.15) is 0 Å². The third kappa shape index (κ3) is 13.1. The molecule has 0 fully saturated rings. The number of quaternary nitrogens is 2. The first-order valence-electron chi connectivity index (χ1n) is 18.7. The van der Waals surface area contributed by atoms with Gasteiger partial charge in [-0.25, -0.2) is 0 Å². The van der Waals surface area contributed by atoms with Crippen LogP contribution in [0.5, 0.6) is 0 Å². The number of para-hydroxylation sites is 2. The molecule has 2 aromatic heterocycles. The van der Waals surface area contributed by atoms with Crippen LogP contribution in [0.2, 0.25) is 0 Å². The minimum atomic E-state index is 0. The lowest BCUT2D eigenvalue weighted by atomic mass is 10.1. The van der Waals surface area contributed by atoms with E-state index in [1.54, 1.807) is 0 Å². The van der Waals surface area contributed by atoms with Gasteiger partial charge in [0.2, 0.25) is 0 Å². The number of benzene rings is 2. The van der Waals surface area contributed by atoms with E-state index >= 15 is 0 Å². The minimum Gasteiger partial charge on any atom is -1.00 e. The molecule has 0 atom stereocenters. The fourth-order valence-electron chi connectivity index (χ4n) is 7.04. The number of aromatic nitrogens is 2. The molecule has 4 aromatic rings. The standard InChI is InChI=1S/2C22H32N3.2BrH/c2*1-23-21(18-20-8-5-6-9-22(20)23)11-10-19-12-15-24(16-13-19)14-7-17-25(2,3)4;;/h2*5-6,8-9,12-13,15,18H,7,10-11,14,16-17H2,1-4H3;2*1H/q2*+1;;/p-2. The fourth-order valence-corrected chi connectivity index (χ4v) is 7.04. The summed E-state index contributed by atoms with van der Waals surface area (Å²) in [6.45, 7) is 6.86. The van der Waals surface area contributed by atoms with Gasteiger partial charge < -0.3 is 61.9 Å². The van der Waals surface area contributed by atoms with Crippen LogP contribution in [0.25, 0.3) is 21.8 Å². The predicted octanol–water partition coefficient (Wildman–Crippen LogP) is 1.93. The van der Waals surface area contributed by atoms with Crippen LogP contribution >= 0.6 is 0 Å². The summed E-state index contributed by atoms with van der Waals surface area (Å²) in [5.41, 5.74) is 8.42. The van der Waals surface area contributed by atoms with Crippen molar-refractivity contribution in [1.29, 1.82) is 0 Å². The smallest absolute Gasteiger partial charge is 0.0797 e. The molecule has 284 valence electrons. The molecule has 4 heterocycles. The number of halogens is 2. The van der Waals surface area contributed by atoms with Crippen LogP contribution < -0.4 is 34.0 Å². The van der Waals surface area contributed by atoms with Crippen LogP contribution in [-0.4, -0.2) is 109 Å². The highest BCUT2D eigenvalue weighted by Gasteiger charge is 2.12. The highest BCUT2D eigenvalue weighted by molar-refractivity contribution is 5.81. The zero-order valence-electron chi connectivity index (χ0n) is 33.2. The predicted molar refractivity (Wildman–Crippen MR) is 215 cm³/mol. The molecule has 6 nitrogen and oxygen atoms in total. The van der Waals surface area contributed by atoms with E-state index < -0.39 is 0 Å².